The minimum absolute atomic E-state index is 0.166. The summed E-state index contributed by atoms with van der Waals surface area (Å²) in [5.74, 6) is -0.824. The average molecular weight is 452 g/mol. The number of aromatic nitrogens is 2. The van der Waals surface area contributed by atoms with Gasteiger partial charge in [-0.25, -0.2) is 4.68 Å². The molecule has 0 fully saturated rings. The first-order valence-corrected chi connectivity index (χ1v) is 8.81. The lowest BCUT2D eigenvalue weighted by molar-refractivity contribution is -0.137. The molecule has 2 aromatic carbocycles. The molecule has 0 saturated heterocycles. The van der Waals surface area contributed by atoms with Gasteiger partial charge in [0, 0.05) is 16.2 Å². The molecule has 9 heteroatoms. The van der Waals surface area contributed by atoms with Crippen molar-refractivity contribution >= 4 is 27.5 Å². The summed E-state index contributed by atoms with van der Waals surface area (Å²) in [4.78, 5) is 24.8. The van der Waals surface area contributed by atoms with Gasteiger partial charge in [-0.1, -0.05) is 24.3 Å². The number of aryl methyl sites for hydroxylation is 1. The van der Waals surface area contributed by atoms with Crippen molar-refractivity contribution in [3.63, 3.8) is 0 Å². The number of carbonyl (C=O) groups excluding carboxylic acids is 1. The molecule has 1 heterocycles. The molecule has 3 aromatic rings. The van der Waals surface area contributed by atoms with Crippen LogP contribution in [-0.2, 0) is 6.18 Å². The fourth-order valence-electron chi connectivity index (χ4n) is 2.59. The molecule has 5 nitrogen and oxygen atoms in total. The lowest BCUT2D eigenvalue weighted by Gasteiger charge is -2.16. The Balaban J connectivity index is 2.09. The Labute approximate surface area is 165 Å². The van der Waals surface area contributed by atoms with Gasteiger partial charge in [0.25, 0.3) is 5.91 Å². The van der Waals surface area contributed by atoms with Crippen LogP contribution in [0.15, 0.2) is 63.9 Å². The number of para-hydroxylation sites is 2. The number of hydrogen-bond donors (Lipinski definition) is 1. The van der Waals surface area contributed by atoms with Crippen LogP contribution in [0.2, 0.25) is 0 Å². The summed E-state index contributed by atoms with van der Waals surface area (Å²) in [6, 6.07) is 12.6. The number of halogens is 4. The maximum absolute atomic E-state index is 13.3. The van der Waals surface area contributed by atoms with Crippen molar-refractivity contribution < 1.29 is 18.0 Å². The standard InChI is InChI=1S/C19H13BrF3N3O2/c1-11-10-16(27)17(18(28)24-14-8-4-3-7-13(14)20)25-26(11)15-9-5-2-6-12(15)19(21,22)23/h2-10H,1H3,(H,24,28). The number of rotatable bonds is 3. The van der Waals surface area contributed by atoms with Crippen molar-refractivity contribution in [2.75, 3.05) is 5.32 Å². The van der Waals surface area contributed by atoms with E-state index in [9.17, 15) is 22.8 Å². The third-order valence-corrected chi connectivity index (χ3v) is 4.57. The van der Waals surface area contributed by atoms with Gasteiger partial charge < -0.3 is 5.32 Å². The highest BCUT2D eigenvalue weighted by Crippen LogP contribution is 2.33. The lowest BCUT2D eigenvalue weighted by Crippen LogP contribution is -2.27. The Kier molecular flexibility index (Phi) is 5.37. The number of nitrogens with one attached hydrogen (secondary N) is 1. The predicted molar refractivity (Wildman–Crippen MR) is 102 cm³/mol. The van der Waals surface area contributed by atoms with Gasteiger partial charge in [0.2, 0.25) is 5.43 Å². The van der Waals surface area contributed by atoms with Crippen molar-refractivity contribution in [2.24, 2.45) is 0 Å². The number of alkyl halides is 3. The second-order valence-electron chi connectivity index (χ2n) is 5.86. The van der Waals surface area contributed by atoms with Crippen LogP contribution >= 0.6 is 15.9 Å². The van der Waals surface area contributed by atoms with Crippen molar-refractivity contribution in [3.8, 4) is 5.69 Å². The van der Waals surface area contributed by atoms with E-state index in [0.717, 1.165) is 16.8 Å². The molecule has 0 aliphatic rings. The van der Waals surface area contributed by atoms with Gasteiger partial charge in [-0.2, -0.15) is 18.3 Å². The maximum Gasteiger partial charge on any atom is 0.418 e. The molecule has 1 N–H and O–H groups in total. The van der Waals surface area contributed by atoms with Crippen LogP contribution in [0.1, 0.15) is 21.7 Å². The van der Waals surface area contributed by atoms with E-state index in [4.69, 9.17) is 0 Å². The summed E-state index contributed by atoms with van der Waals surface area (Å²) in [7, 11) is 0. The first kappa shape index (κ1) is 19.8. The molecule has 3 rings (SSSR count). The molecule has 0 spiro atoms. The second kappa shape index (κ2) is 7.59. The van der Waals surface area contributed by atoms with E-state index < -0.39 is 28.8 Å². The van der Waals surface area contributed by atoms with Gasteiger partial charge in [-0.15, -0.1) is 0 Å². The lowest BCUT2D eigenvalue weighted by atomic mass is 10.1. The van der Waals surface area contributed by atoms with Gasteiger partial charge in [0.15, 0.2) is 5.69 Å². The molecule has 1 aromatic heterocycles. The van der Waals surface area contributed by atoms with Crippen molar-refractivity contribution in [2.45, 2.75) is 13.1 Å². The van der Waals surface area contributed by atoms with Crippen LogP contribution < -0.4 is 10.7 Å². The number of carbonyl (C=O) groups is 1. The Morgan fingerprint density at radius 2 is 1.75 bits per heavy atom. The smallest absolute Gasteiger partial charge is 0.319 e. The summed E-state index contributed by atoms with van der Waals surface area (Å²) in [6.07, 6.45) is -4.62. The summed E-state index contributed by atoms with van der Waals surface area (Å²) >= 11 is 3.27. The second-order valence-corrected chi connectivity index (χ2v) is 6.71. The zero-order chi connectivity index (χ0) is 20.5. The van der Waals surface area contributed by atoms with Gasteiger partial charge in [-0.3, -0.25) is 9.59 Å². The van der Waals surface area contributed by atoms with E-state index >= 15 is 0 Å². The molecular weight excluding hydrogens is 439 g/mol. The van der Waals surface area contributed by atoms with Crippen molar-refractivity contribution in [1.29, 1.82) is 0 Å². The summed E-state index contributed by atoms with van der Waals surface area (Å²) in [6.45, 7) is 1.44. The Hall–Kier alpha value is -2.94. The van der Waals surface area contributed by atoms with Crippen LogP contribution in [0.4, 0.5) is 18.9 Å². The van der Waals surface area contributed by atoms with Crippen molar-refractivity contribution in [3.05, 3.63) is 86.2 Å². The highest BCUT2D eigenvalue weighted by molar-refractivity contribution is 9.10. The largest absolute Gasteiger partial charge is 0.418 e. The number of nitrogens with zero attached hydrogens (tertiary/aromatic N) is 2. The summed E-state index contributed by atoms with van der Waals surface area (Å²) in [5, 5.41) is 6.45. The van der Waals surface area contributed by atoms with Crippen LogP contribution in [0.3, 0.4) is 0 Å². The first-order chi connectivity index (χ1) is 13.2. The average Bonchev–Trinajstić information content (AvgIpc) is 2.63. The van der Waals surface area contributed by atoms with E-state index in [-0.39, 0.29) is 11.4 Å². The molecular formula is C19H13BrF3N3O2. The van der Waals surface area contributed by atoms with Gasteiger partial charge in [0.1, 0.15) is 0 Å². The molecule has 0 aliphatic heterocycles. The van der Waals surface area contributed by atoms with Gasteiger partial charge in [-0.05, 0) is 47.1 Å². The van der Waals surface area contributed by atoms with Crippen LogP contribution in [0.5, 0.6) is 0 Å². The molecule has 0 aliphatic carbocycles. The Morgan fingerprint density at radius 3 is 2.43 bits per heavy atom. The van der Waals surface area contributed by atoms with E-state index in [1.807, 2.05) is 0 Å². The number of hydrogen-bond acceptors (Lipinski definition) is 3. The SMILES string of the molecule is Cc1cc(=O)c(C(=O)Nc2ccccc2Br)nn1-c1ccccc1C(F)(F)F. The first-order valence-electron chi connectivity index (χ1n) is 8.02. The van der Waals surface area contributed by atoms with Crippen LogP contribution in [-0.4, -0.2) is 15.7 Å². The Morgan fingerprint density at radius 1 is 1.11 bits per heavy atom. The highest BCUT2D eigenvalue weighted by atomic mass is 79.9. The van der Waals surface area contributed by atoms with Gasteiger partial charge >= 0.3 is 6.18 Å². The van der Waals surface area contributed by atoms with E-state index in [1.54, 1.807) is 24.3 Å². The quantitative estimate of drug-likeness (QED) is 0.633. The molecule has 0 saturated carbocycles. The molecule has 0 radical (unpaired) electrons. The number of benzene rings is 2. The molecule has 0 atom stereocenters. The number of amides is 1. The molecule has 1 amide bonds. The summed E-state index contributed by atoms with van der Waals surface area (Å²) in [5.41, 5.74) is -1.84. The molecule has 0 bridgehead atoms. The molecule has 0 unspecified atom stereocenters. The fraction of sp³-hybridized carbons (Fsp3) is 0.105. The topological polar surface area (TPSA) is 64.0 Å². The normalized spacial score (nSPS) is 11.3. The zero-order valence-corrected chi connectivity index (χ0v) is 16.0. The minimum atomic E-state index is -4.62. The monoisotopic (exact) mass is 451 g/mol. The molecule has 28 heavy (non-hydrogen) atoms. The maximum atomic E-state index is 13.3. The van der Waals surface area contributed by atoms with Gasteiger partial charge in [0.05, 0.1) is 16.9 Å². The van der Waals surface area contributed by atoms with Crippen LogP contribution in [0, 0.1) is 6.92 Å². The third-order valence-electron chi connectivity index (χ3n) is 3.88. The Bertz CT molecular complexity index is 1110. The van der Waals surface area contributed by atoms with E-state index in [1.165, 1.54) is 25.1 Å². The highest BCUT2D eigenvalue weighted by Gasteiger charge is 2.34. The third kappa shape index (κ3) is 3.99. The predicted octanol–water partition coefficient (Wildman–Crippen LogP) is 4.57. The van der Waals surface area contributed by atoms with Crippen LogP contribution in [0.25, 0.3) is 5.69 Å². The van der Waals surface area contributed by atoms with Crippen molar-refractivity contribution in [1.82, 2.24) is 9.78 Å². The number of anilines is 1. The van der Waals surface area contributed by atoms with E-state index in [0.29, 0.717) is 10.2 Å². The summed E-state index contributed by atoms with van der Waals surface area (Å²) < 4.78 is 41.6. The molecule has 144 valence electrons. The van der Waals surface area contributed by atoms with E-state index in [2.05, 4.69) is 26.3 Å². The fourth-order valence-corrected chi connectivity index (χ4v) is 2.97. The minimum Gasteiger partial charge on any atom is -0.319 e. The zero-order valence-electron chi connectivity index (χ0n) is 14.4.